The normalized spacial score (nSPS) is 16.0. The van der Waals surface area contributed by atoms with Crippen LogP contribution in [-0.4, -0.2) is 41.9 Å². The number of anilines is 3. The lowest BCUT2D eigenvalue weighted by atomic mass is 10.0. The summed E-state index contributed by atoms with van der Waals surface area (Å²) >= 11 is 1.50. The van der Waals surface area contributed by atoms with Crippen LogP contribution in [0.1, 0.15) is 44.0 Å². The standard InChI is InChI=1S/C23H27N3O4S/c1-23(2,3)30-22(29)26(15-8-10-24-11-9-15)17-12-14(21(27)28)13-19-20(17)25-16-6-4-5-7-18(16)31-19/h4-7,12-13,15,24-25H,8-11H2,1-3H3,(H,27,28). The van der Waals surface area contributed by atoms with Gasteiger partial charge in [0, 0.05) is 15.8 Å². The number of hydrogen-bond acceptors (Lipinski definition) is 6. The maximum Gasteiger partial charge on any atom is 0.415 e. The quantitative estimate of drug-likeness (QED) is 0.522. The molecule has 3 N–H and O–H groups in total. The van der Waals surface area contributed by atoms with Gasteiger partial charge in [-0.1, -0.05) is 23.9 Å². The van der Waals surface area contributed by atoms with Gasteiger partial charge in [0.2, 0.25) is 0 Å². The first-order valence-electron chi connectivity index (χ1n) is 10.4. The molecule has 0 aromatic heterocycles. The summed E-state index contributed by atoms with van der Waals surface area (Å²) in [4.78, 5) is 28.7. The van der Waals surface area contributed by atoms with Gasteiger partial charge in [0.05, 0.1) is 22.6 Å². The van der Waals surface area contributed by atoms with Crippen molar-refractivity contribution in [3.05, 3.63) is 42.0 Å². The summed E-state index contributed by atoms with van der Waals surface area (Å²) in [7, 11) is 0. The minimum atomic E-state index is -1.03. The lowest BCUT2D eigenvalue weighted by Gasteiger charge is -2.38. The molecular weight excluding hydrogens is 414 g/mol. The summed E-state index contributed by atoms with van der Waals surface area (Å²) in [5, 5.41) is 16.5. The van der Waals surface area contributed by atoms with Crippen molar-refractivity contribution in [3.8, 4) is 0 Å². The monoisotopic (exact) mass is 441 g/mol. The molecule has 31 heavy (non-hydrogen) atoms. The Labute approximate surface area is 186 Å². The number of para-hydroxylation sites is 1. The number of carboxylic acids is 1. The smallest absolute Gasteiger partial charge is 0.415 e. The maximum absolute atomic E-state index is 13.4. The Kier molecular flexibility index (Phi) is 5.85. The van der Waals surface area contributed by atoms with Crippen molar-refractivity contribution in [2.45, 2.75) is 55.0 Å². The zero-order chi connectivity index (χ0) is 22.2. The number of amides is 1. The fourth-order valence-electron chi connectivity index (χ4n) is 3.85. The average molecular weight is 442 g/mol. The Bertz CT molecular complexity index is 1010. The molecule has 1 amide bonds. The summed E-state index contributed by atoms with van der Waals surface area (Å²) in [6, 6.07) is 11.0. The molecule has 2 aromatic carbocycles. The number of nitrogens with one attached hydrogen (secondary N) is 2. The molecule has 0 unspecified atom stereocenters. The van der Waals surface area contributed by atoms with Gasteiger partial charge in [0.1, 0.15) is 5.60 Å². The number of rotatable bonds is 3. The predicted octanol–water partition coefficient (Wildman–Crippen LogP) is 5.09. The van der Waals surface area contributed by atoms with E-state index in [9.17, 15) is 14.7 Å². The second-order valence-electron chi connectivity index (χ2n) is 8.73. The van der Waals surface area contributed by atoms with Crippen LogP contribution in [-0.2, 0) is 4.74 Å². The molecular formula is C23H27N3O4S. The number of carbonyl (C=O) groups excluding carboxylic acids is 1. The minimum absolute atomic E-state index is 0.0896. The van der Waals surface area contributed by atoms with E-state index in [0.29, 0.717) is 5.69 Å². The van der Waals surface area contributed by atoms with Crippen LogP contribution in [0, 0.1) is 0 Å². The summed E-state index contributed by atoms with van der Waals surface area (Å²) in [6.45, 7) is 7.07. The first kappa shape index (κ1) is 21.5. The van der Waals surface area contributed by atoms with Crippen LogP contribution in [0.4, 0.5) is 21.9 Å². The maximum atomic E-state index is 13.4. The van der Waals surface area contributed by atoms with E-state index in [1.54, 1.807) is 17.0 Å². The van der Waals surface area contributed by atoms with Crippen molar-refractivity contribution < 1.29 is 19.4 Å². The molecule has 8 heteroatoms. The number of ether oxygens (including phenoxy) is 1. The molecule has 7 nitrogen and oxygen atoms in total. The number of fused-ring (bicyclic) bond motifs is 2. The number of aromatic carboxylic acids is 1. The number of hydrogen-bond donors (Lipinski definition) is 3. The summed E-state index contributed by atoms with van der Waals surface area (Å²) < 4.78 is 5.75. The molecule has 0 spiro atoms. The van der Waals surface area contributed by atoms with Crippen LogP contribution in [0.5, 0.6) is 0 Å². The van der Waals surface area contributed by atoms with E-state index in [2.05, 4.69) is 10.6 Å². The second kappa shape index (κ2) is 8.43. The second-order valence-corrected chi connectivity index (χ2v) is 9.81. The lowest BCUT2D eigenvalue weighted by molar-refractivity contribution is 0.0557. The third kappa shape index (κ3) is 4.65. The molecule has 2 aliphatic heterocycles. The number of carbonyl (C=O) groups is 2. The number of carboxylic acid groups (broad SMARTS) is 1. The zero-order valence-electron chi connectivity index (χ0n) is 17.9. The number of benzene rings is 2. The molecule has 1 saturated heterocycles. The molecule has 164 valence electrons. The predicted molar refractivity (Wildman–Crippen MR) is 122 cm³/mol. The van der Waals surface area contributed by atoms with Gasteiger partial charge in [-0.2, -0.15) is 0 Å². The van der Waals surface area contributed by atoms with E-state index in [0.717, 1.165) is 47.1 Å². The lowest BCUT2D eigenvalue weighted by Crippen LogP contribution is -2.48. The SMILES string of the molecule is CC(C)(C)OC(=O)N(c1cc(C(=O)O)cc2c1Nc1ccccc1S2)C1CCNCC1. The Morgan fingerprint density at radius 1 is 1.13 bits per heavy atom. The summed E-state index contributed by atoms with van der Waals surface area (Å²) in [5.41, 5.74) is 1.68. The fraction of sp³-hybridized carbons (Fsp3) is 0.391. The van der Waals surface area contributed by atoms with Crippen LogP contribution in [0.3, 0.4) is 0 Å². The molecule has 1 fully saturated rings. The van der Waals surface area contributed by atoms with Crippen molar-refractivity contribution in [1.29, 1.82) is 0 Å². The van der Waals surface area contributed by atoms with E-state index in [1.165, 1.54) is 11.8 Å². The summed E-state index contributed by atoms with van der Waals surface area (Å²) in [6.07, 6.45) is 1.05. The van der Waals surface area contributed by atoms with Gasteiger partial charge in [-0.05, 0) is 71.0 Å². The number of piperidine rings is 1. The highest BCUT2D eigenvalue weighted by Crippen LogP contribution is 2.49. The Morgan fingerprint density at radius 3 is 2.52 bits per heavy atom. The topological polar surface area (TPSA) is 90.9 Å². The highest BCUT2D eigenvalue weighted by atomic mass is 32.2. The number of nitrogens with zero attached hydrogens (tertiary/aromatic N) is 1. The minimum Gasteiger partial charge on any atom is -0.478 e. The molecule has 2 heterocycles. The van der Waals surface area contributed by atoms with Gasteiger partial charge in [0.15, 0.2) is 0 Å². The zero-order valence-corrected chi connectivity index (χ0v) is 18.7. The molecule has 0 atom stereocenters. The average Bonchev–Trinajstić information content (AvgIpc) is 2.71. The highest BCUT2D eigenvalue weighted by Gasteiger charge is 2.34. The third-order valence-corrected chi connectivity index (χ3v) is 6.34. The van der Waals surface area contributed by atoms with Gasteiger partial charge in [-0.25, -0.2) is 9.59 Å². The Hall–Kier alpha value is -2.71. The van der Waals surface area contributed by atoms with Gasteiger partial charge in [-0.15, -0.1) is 0 Å². The van der Waals surface area contributed by atoms with Crippen molar-refractivity contribution >= 4 is 40.9 Å². The Balaban J connectivity index is 1.84. The highest BCUT2D eigenvalue weighted by molar-refractivity contribution is 7.99. The first-order chi connectivity index (χ1) is 14.7. The van der Waals surface area contributed by atoms with Crippen molar-refractivity contribution in [3.63, 3.8) is 0 Å². The van der Waals surface area contributed by atoms with Crippen molar-refractivity contribution in [1.82, 2.24) is 5.32 Å². The molecule has 2 aromatic rings. The van der Waals surface area contributed by atoms with E-state index in [4.69, 9.17) is 4.74 Å². The van der Waals surface area contributed by atoms with Crippen LogP contribution in [0.2, 0.25) is 0 Å². The molecule has 4 rings (SSSR count). The fourth-order valence-corrected chi connectivity index (χ4v) is 4.91. The van der Waals surface area contributed by atoms with E-state index >= 15 is 0 Å². The first-order valence-corrected chi connectivity index (χ1v) is 11.2. The van der Waals surface area contributed by atoms with E-state index in [1.807, 2.05) is 45.0 Å². The van der Waals surface area contributed by atoms with Crippen molar-refractivity contribution in [2.24, 2.45) is 0 Å². The third-order valence-electron chi connectivity index (χ3n) is 5.22. The van der Waals surface area contributed by atoms with Gasteiger partial charge in [0.25, 0.3) is 0 Å². The van der Waals surface area contributed by atoms with Crippen LogP contribution in [0.15, 0.2) is 46.2 Å². The largest absolute Gasteiger partial charge is 0.478 e. The molecule has 0 bridgehead atoms. The van der Waals surface area contributed by atoms with E-state index in [-0.39, 0.29) is 11.6 Å². The summed E-state index contributed by atoms with van der Waals surface area (Å²) in [5.74, 6) is -1.03. The van der Waals surface area contributed by atoms with Crippen molar-refractivity contribution in [2.75, 3.05) is 23.3 Å². The molecule has 0 aliphatic carbocycles. The molecule has 0 radical (unpaired) electrons. The Morgan fingerprint density at radius 2 is 1.84 bits per heavy atom. The molecule has 0 saturated carbocycles. The van der Waals surface area contributed by atoms with Gasteiger partial charge >= 0.3 is 12.1 Å². The molecule has 2 aliphatic rings. The van der Waals surface area contributed by atoms with Crippen LogP contribution >= 0.6 is 11.8 Å². The van der Waals surface area contributed by atoms with Crippen LogP contribution in [0.25, 0.3) is 0 Å². The van der Waals surface area contributed by atoms with E-state index < -0.39 is 17.7 Å². The van der Waals surface area contributed by atoms with Crippen LogP contribution < -0.4 is 15.5 Å². The van der Waals surface area contributed by atoms with Gasteiger partial charge < -0.3 is 20.5 Å². The van der Waals surface area contributed by atoms with Gasteiger partial charge in [-0.3, -0.25) is 4.90 Å².